The van der Waals surface area contributed by atoms with Crippen LogP contribution in [0.15, 0.2) is 4.99 Å². The lowest BCUT2D eigenvalue weighted by Crippen LogP contribution is -2.48. The molecule has 0 aromatic rings. The number of nitrogens with zero attached hydrogens (tertiary/aromatic N) is 1. The molecule has 1 saturated carbocycles. The summed E-state index contributed by atoms with van der Waals surface area (Å²) in [6.45, 7) is 5.26. The van der Waals surface area contributed by atoms with Gasteiger partial charge < -0.3 is 5.32 Å². The van der Waals surface area contributed by atoms with Crippen molar-refractivity contribution in [3.63, 3.8) is 0 Å². The second-order valence-corrected chi connectivity index (χ2v) is 5.06. The standard InChI is InChI=1S/C13H28N4/c1-3-4-10-15-13(17-14)16-11(2)12-8-6-5-7-9-12/h11-12H,3-10,14H2,1-2H3,(H2,15,16,17). The van der Waals surface area contributed by atoms with Crippen LogP contribution in [0, 0.1) is 5.92 Å². The Bertz CT molecular complexity index is 221. The summed E-state index contributed by atoms with van der Waals surface area (Å²) in [4.78, 5) is 4.44. The first-order chi connectivity index (χ1) is 8.27. The van der Waals surface area contributed by atoms with E-state index in [0.29, 0.717) is 6.04 Å². The van der Waals surface area contributed by atoms with Crippen molar-refractivity contribution in [3.8, 4) is 0 Å². The van der Waals surface area contributed by atoms with Crippen LogP contribution >= 0.6 is 0 Å². The highest BCUT2D eigenvalue weighted by Gasteiger charge is 2.20. The Hall–Kier alpha value is -0.770. The fraction of sp³-hybridized carbons (Fsp3) is 0.923. The lowest BCUT2D eigenvalue weighted by Gasteiger charge is -2.29. The molecule has 4 nitrogen and oxygen atoms in total. The van der Waals surface area contributed by atoms with Gasteiger partial charge in [0.1, 0.15) is 0 Å². The van der Waals surface area contributed by atoms with Gasteiger partial charge in [-0.05, 0) is 32.1 Å². The maximum Gasteiger partial charge on any atom is 0.205 e. The second-order valence-electron chi connectivity index (χ2n) is 5.06. The number of hydrogen-bond donors (Lipinski definition) is 3. The van der Waals surface area contributed by atoms with Crippen LogP contribution in [0.4, 0.5) is 0 Å². The summed E-state index contributed by atoms with van der Waals surface area (Å²) in [5.74, 6) is 7.01. The van der Waals surface area contributed by atoms with Crippen LogP contribution in [0.3, 0.4) is 0 Å². The third-order valence-electron chi connectivity index (χ3n) is 3.64. The molecule has 0 heterocycles. The molecule has 0 amide bonds. The molecule has 4 N–H and O–H groups in total. The van der Waals surface area contributed by atoms with Gasteiger partial charge in [0, 0.05) is 12.6 Å². The maximum absolute atomic E-state index is 5.49. The number of hydrazine groups is 1. The van der Waals surface area contributed by atoms with Crippen LogP contribution in [0.25, 0.3) is 0 Å². The van der Waals surface area contributed by atoms with E-state index in [1.54, 1.807) is 0 Å². The summed E-state index contributed by atoms with van der Waals surface area (Å²) in [6, 6.07) is 0.465. The average Bonchev–Trinajstić information content (AvgIpc) is 2.38. The van der Waals surface area contributed by atoms with Gasteiger partial charge in [0.25, 0.3) is 0 Å². The molecule has 17 heavy (non-hydrogen) atoms. The van der Waals surface area contributed by atoms with Crippen molar-refractivity contribution in [2.45, 2.75) is 64.8 Å². The SMILES string of the molecule is CCCCN=C(NN)NC(C)C1CCCCC1. The minimum absolute atomic E-state index is 0.465. The summed E-state index contributed by atoms with van der Waals surface area (Å²) >= 11 is 0. The van der Waals surface area contributed by atoms with Gasteiger partial charge in [-0.15, -0.1) is 0 Å². The van der Waals surface area contributed by atoms with E-state index in [9.17, 15) is 0 Å². The predicted molar refractivity (Wildman–Crippen MR) is 73.7 cm³/mol. The van der Waals surface area contributed by atoms with E-state index in [1.807, 2.05) is 0 Å². The van der Waals surface area contributed by atoms with Gasteiger partial charge in [-0.25, -0.2) is 5.84 Å². The van der Waals surface area contributed by atoms with Crippen molar-refractivity contribution in [1.29, 1.82) is 0 Å². The normalized spacial score (nSPS) is 20.1. The molecule has 1 fully saturated rings. The molecule has 1 atom stereocenters. The molecule has 100 valence electrons. The average molecular weight is 240 g/mol. The predicted octanol–water partition coefficient (Wildman–Crippen LogP) is 2.16. The van der Waals surface area contributed by atoms with Gasteiger partial charge in [-0.1, -0.05) is 32.6 Å². The van der Waals surface area contributed by atoms with Crippen molar-refractivity contribution in [2.24, 2.45) is 16.8 Å². The number of unbranched alkanes of at least 4 members (excludes halogenated alkanes) is 1. The quantitative estimate of drug-likeness (QED) is 0.227. The van der Waals surface area contributed by atoms with Crippen molar-refractivity contribution >= 4 is 5.96 Å². The van der Waals surface area contributed by atoms with E-state index in [4.69, 9.17) is 5.84 Å². The summed E-state index contributed by atoms with van der Waals surface area (Å²) in [7, 11) is 0. The van der Waals surface area contributed by atoms with Crippen LogP contribution < -0.4 is 16.6 Å². The highest BCUT2D eigenvalue weighted by Crippen LogP contribution is 2.26. The lowest BCUT2D eigenvalue weighted by atomic mass is 9.85. The van der Waals surface area contributed by atoms with Crippen molar-refractivity contribution in [3.05, 3.63) is 0 Å². The van der Waals surface area contributed by atoms with Gasteiger partial charge in [0.05, 0.1) is 0 Å². The minimum atomic E-state index is 0.465. The Balaban J connectivity index is 2.35. The zero-order chi connectivity index (χ0) is 12.5. The summed E-state index contributed by atoms with van der Waals surface area (Å²) < 4.78 is 0. The molecule has 0 aromatic heterocycles. The summed E-state index contributed by atoms with van der Waals surface area (Å²) in [6.07, 6.45) is 9.09. The molecular formula is C13H28N4. The van der Waals surface area contributed by atoms with Crippen molar-refractivity contribution in [2.75, 3.05) is 6.54 Å². The minimum Gasteiger partial charge on any atom is -0.353 e. The van der Waals surface area contributed by atoms with E-state index >= 15 is 0 Å². The van der Waals surface area contributed by atoms with E-state index < -0.39 is 0 Å². The largest absolute Gasteiger partial charge is 0.353 e. The number of nitrogens with two attached hydrogens (primary N) is 1. The first-order valence-electron chi connectivity index (χ1n) is 7.05. The van der Waals surface area contributed by atoms with E-state index in [-0.39, 0.29) is 0 Å². The fourth-order valence-corrected chi connectivity index (χ4v) is 2.45. The van der Waals surface area contributed by atoms with Crippen molar-refractivity contribution in [1.82, 2.24) is 10.7 Å². The molecule has 0 spiro atoms. The Labute approximate surface area is 105 Å². The third-order valence-corrected chi connectivity index (χ3v) is 3.64. The molecule has 1 unspecified atom stereocenters. The first kappa shape index (κ1) is 14.3. The van der Waals surface area contributed by atoms with Crippen LogP contribution in [-0.4, -0.2) is 18.5 Å². The first-order valence-corrected chi connectivity index (χ1v) is 7.05. The number of hydrogen-bond acceptors (Lipinski definition) is 2. The van der Waals surface area contributed by atoms with Gasteiger partial charge in [0.2, 0.25) is 5.96 Å². The number of guanidine groups is 1. The summed E-state index contributed by atoms with van der Waals surface area (Å²) in [5, 5.41) is 3.41. The topological polar surface area (TPSA) is 62.4 Å². The van der Waals surface area contributed by atoms with Crippen LogP contribution in [0.2, 0.25) is 0 Å². The summed E-state index contributed by atoms with van der Waals surface area (Å²) in [5.41, 5.74) is 2.67. The molecule has 0 aromatic carbocycles. The maximum atomic E-state index is 5.49. The van der Waals surface area contributed by atoms with E-state index in [0.717, 1.165) is 24.8 Å². The zero-order valence-corrected chi connectivity index (χ0v) is 11.3. The van der Waals surface area contributed by atoms with Crippen molar-refractivity contribution < 1.29 is 0 Å². The van der Waals surface area contributed by atoms with Gasteiger partial charge in [-0.2, -0.15) is 0 Å². The lowest BCUT2D eigenvalue weighted by molar-refractivity contribution is 0.300. The van der Waals surface area contributed by atoms with Crippen LogP contribution in [0.5, 0.6) is 0 Å². The van der Waals surface area contributed by atoms with Gasteiger partial charge in [0.15, 0.2) is 0 Å². The molecule has 0 aliphatic heterocycles. The highest BCUT2D eigenvalue weighted by molar-refractivity contribution is 5.79. The van der Waals surface area contributed by atoms with E-state index in [1.165, 1.54) is 38.5 Å². The molecule has 0 saturated heterocycles. The van der Waals surface area contributed by atoms with Gasteiger partial charge in [-0.3, -0.25) is 10.4 Å². The smallest absolute Gasteiger partial charge is 0.205 e. The molecule has 1 rings (SSSR count). The monoisotopic (exact) mass is 240 g/mol. The molecular weight excluding hydrogens is 212 g/mol. The Morgan fingerprint density at radius 2 is 2.06 bits per heavy atom. The number of nitrogens with one attached hydrogen (secondary N) is 2. The number of rotatable bonds is 5. The Morgan fingerprint density at radius 3 is 2.65 bits per heavy atom. The number of aliphatic imine (C=N–C) groups is 1. The Morgan fingerprint density at radius 1 is 1.35 bits per heavy atom. The molecule has 4 heteroatoms. The highest BCUT2D eigenvalue weighted by atomic mass is 15.3. The molecule has 1 aliphatic carbocycles. The fourth-order valence-electron chi connectivity index (χ4n) is 2.45. The van der Waals surface area contributed by atoms with Gasteiger partial charge >= 0.3 is 0 Å². The Kier molecular flexibility index (Phi) is 7.01. The van der Waals surface area contributed by atoms with Crippen LogP contribution in [-0.2, 0) is 0 Å². The van der Waals surface area contributed by atoms with Crippen LogP contribution in [0.1, 0.15) is 58.8 Å². The zero-order valence-electron chi connectivity index (χ0n) is 11.3. The molecule has 1 aliphatic rings. The molecule has 0 bridgehead atoms. The van der Waals surface area contributed by atoms with E-state index in [2.05, 4.69) is 29.6 Å². The second kappa shape index (κ2) is 8.34. The third kappa shape index (κ3) is 5.39. The molecule has 0 radical (unpaired) electrons.